The summed E-state index contributed by atoms with van der Waals surface area (Å²) in [5, 5.41) is 5.63. The van der Waals surface area contributed by atoms with Gasteiger partial charge in [0, 0.05) is 23.5 Å². The second-order valence-corrected chi connectivity index (χ2v) is 6.63. The third-order valence-corrected chi connectivity index (χ3v) is 5.03. The summed E-state index contributed by atoms with van der Waals surface area (Å²) >= 11 is 1.48. The van der Waals surface area contributed by atoms with Gasteiger partial charge in [0.2, 0.25) is 0 Å². The van der Waals surface area contributed by atoms with E-state index in [-0.39, 0.29) is 5.91 Å². The molecule has 25 heavy (non-hydrogen) atoms. The molecule has 1 aromatic heterocycles. The van der Waals surface area contributed by atoms with Gasteiger partial charge in [-0.05, 0) is 51.2 Å². The number of aromatic nitrogens is 1. The van der Waals surface area contributed by atoms with Crippen LogP contribution in [0.5, 0.6) is 5.75 Å². The summed E-state index contributed by atoms with van der Waals surface area (Å²) in [6, 6.07) is 8.09. The SMILES string of the molecule is CCOc1ccc(-c2nc(C(=O)NCC(C)N(CC)CC)cs2)cc1. The standard InChI is InChI=1S/C19H27N3O2S/c1-5-22(6-2)14(4)12-20-18(23)17-13-25-19(21-17)15-8-10-16(11-9-15)24-7-3/h8-11,13-14H,5-7,12H2,1-4H3,(H,20,23). The third kappa shape index (κ3) is 5.28. The van der Waals surface area contributed by atoms with Crippen molar-refractivity contribution in [2.45, 2.75) is 33.7 Å². The highest BCUT2D eigenvalue weighted by atomic mass is 32.1. The van der Waals surface area contributed by atoms with Gasteiger partial charge in [0.1, 0.15) is 16.5 Å². The summed E-state index contributed by atoms with van der Waals surface area (Å²) in [5.41, 5.74) is 1.46. The minimum Gasteiger partial charge on any atom is -0.494 e. The molecule has 1 amide bonds. The maximum absolute atomic E-state index is 12.3. The third-order valence-electron chi connectivity index (χ3n) is 4.14. The zero-order valence-corrected chi connectivity index (χ0v) is 16.2. The molecule has 1 atom stereocenters. The van der Waals surface area contributed by atoms with Crippen LogP contribution in [0.2, 0.25) is 0 Å². The van der Waals surface area contributed by atoms with Gasteiger partial charge in [-0.15, -0.1) is 11.3 Å². The summed E-state index contributed by atoms with van der Waals surface area (Å²) < 4.78 is 5.45. The van der Waals surface area contributed by atoms with Gasteiger partial charge in [-0.3, -0.25) is 9.69 Å². The number of carbonyl (C=O) groups is 1. The highest BCUT2D eigenvalue weighted by Crippen LogP contribution is 2.25. The Morgan fingerprint density at radius 1 is 1.24 bits per heavy atom. The van der Waals surface area contributed by atoms with Crippen molar-refractivity contribution in [1.82, 2.24) is 15.2 Å². The number of amides is 1. The molecule has 0 spiro atoms. The van der Waals surface area contributed by atoms with Gasteiger partial charge in [0.05, 0.1) is 6.61 Å². The van der Waals surface area contributed by atoms with Gasteiger partial charge in [-0.1, -0.05) is 13.8 Å². The van der Waals surface area contributed by atoms with Crippen molar-refractivity contribution in [2.75, 3.05) is 26.2 Å². The summed E-state index contributed by atoms with van der Waals surface area (Å²) in [6.07, 6.45) is 0. The molecule has 0 aliphatic carbocycles. The predicted octanol–water partition coefficient (Wildman–Crippen LogP) is 3.67. The average molecular weight is 362 g/mol. The first-order chi connectivity index (χ1) is 12.1. The highest BCUT2D eigenvalue weighted by molar-refractivity contribution is 7.13. The molecule has 1 aromatic carbocycles. The van der Waals surface area contributed by atoms with Crippen LogP contribution in [-0.2, 0) is 0 Å². The monoisotopic (exact) mass is 361 g/mol. The Kier molecular flexibility index (Phi) is 7.40. The number of carbonyl (C=O) groups excluding carboxylic acids is 1. The van der Waals surface area contributed by atoms with E-state index in [1.165, 1.54) is 11.3 Å². The van der Waals surface area contributed by atoms with Crippen LogP contribution in [0.15, 0.2) is 29.6 Å². The van der Waals surface area contributed by atoms with Crippen LogP contribution in [0.1, 0.15) is 38.2 Å². The molecule has 0 saturated carbocycles. The molecule has 0 bridgehead atoms. The number of benzene rings is 1. The van der Waals surface area contributed by atoms with E-state index < -0.39 is 0 Å². The molecule has 5 nitrogen and oxygen atoms in total. The zero-order chi connectivity index (χ0) is 18.2. The van der Waals surface area contributed by atoms with E-state index >= 15 is 0 Å². The molecule has 1 N–H and O–H groups in total. The average Bonchev–Trinajstić information content (AvgIpc) is 3.12. The van der Waals surface area contributed by atoms with Gasteiger partial charge >= 0.3 is 0 Å². The molecule has 2 rings (SSSR count). The highest BCUT2D eigenvalue weighted by Gasteiger charge is 2.15. The number of hydrogen-bond donors (Lipinski definition) is 1. The van der Waals surface area contributed by atoms with Crippen molar-refractivity contribution < 1.29 is 9.53 Å². The van der Waals surface area contributed by atoms with Crippen LogP contribution in [0.3, 0.4) is 0 Å². The van der Waals surface area contributed by atoms with Gasteiger partial charge in [0.25, 0.3) is 5.91 Å². The fraction of sp³-hybridized carbons (Fsp3) is 0.474. The molecule has 2 aromatic rings. The molecule has 6 heteroatoms. The second-order valence-electron chi connectivity index (χ2n) is 5.78. The molecule has 136 valence electrons. The Balaban J connectivity index is 1.96. The second kappa shape index (κ2) is 9.53. The molecule has 0 aliphatic heterocycles. The lowest BCUT2D eigenvalue weighted by atomic mass is 10.2. The van der Waals surface area contributed by atoms with E-state index in [9.17, 15) is 4.79 Å². The molecular weight excluding hydrogens is 334 g/mol. The number of rotatable bonds is 9. The van der Waals surface area contributed by atoms with E-state index in [4.69, 9.17) is 4.74 Å². The number of ether oxygens (including phenoxy) is 1. The topological polar surface area (TPSA) is 54.5 Å². The lowest BCUT2D eigenvalue weighted by molar-refractivity contribution is 0.0934. The van der Waals surface area contributed by atoms with Gasteiger partial charge in [0.15, 0.2) is 0 Å². The molecule has 1 heterocycles. The van der Waals surface area contributed by atoms with Crippen LogP contribution in [-0.4, -0.2) is 48.1 Å². The van der Waals surface area contributed by atoms with Crippen LogP contribution in [0.4, 0.5) is 0 Å². The van der Waals surface area contributed by atoms with Crippen molar-refractivity contribution in [3.8, 4) is 16.3 Å². The number of nitrogens with zero attached hydrogens (tertiary/aromatic N) is 2. The van der Waals surface area contributed by atoms with Gasteiger partial charge in [-0.25, -0.2) is 4.98 Å². The van der Waals surface area contributed by atoms with E-state index in [0.29, 0.717) is 24.9 Å². The van der Waals surface area contributed by atoms with Crippen molar-refractivity contribution >= 4 is 17.2 Å². The summed E-state index contributed by atoms with van der Waals surface area (Å²) in [7, 11) is 0. The van der Waals surface area contributed by atoms with Gasteiger partial charge in [-0.2, -0.15) is 0 Å². The summed E-state index contributed by atoms with van der Waals surface area (Å²) in [6.45, 7) is 11.6. The van der Waals surface area contributed by atoms with E-state index in [0.717, 1.165) is 29.4 Å². The lowest BCUT2D eigenvalue weighted by Crippen LogP contribution is -2.42. The van der Waals surface area contributed by atoms with Crippen molar-refractivity contribution in [3.63, 3.8) is 0 Å². The Labute approximate surface area is 154 Å². The van der Waals surface area contributed by atoms with E-state index in [1.807, 2.05) is 36.6 Å². The van der Waals surface area contributed by atoms with E-state index in [1.54, 1.807) is 0 Å². The summed E-state index contributed by atoms with van der Waals surface area (Å²) in [4.78, 5) is 19.1. The first kappa shape index (κ1) is 19.4. The Bertz CT molecular complexity index is 666. The van der Waals surface area contributed by atoms with Crippen molar-refractivity contribution in [3.05, 3.63) is 35.3 Å². The number of thiazole rings is 1. The first-order valence-corrected chi connectivity index (χ1v) is 9.67. The minimum absolute atomic E-state index is 0.118. The van der Waals surface area contributed by atoms with Crippen LogP contribution in [0.25, 0.3) is 10.6 Å². The van der Waals surface area contributed by atoms with Crippen LogP contribution in [0, 0.1) is 0 Å². The molecule has 0 fully saturated rings. The first-order valence-electron chi connectivity index (χ1n) is 8.80. The molecule has 0 aliphatic rings. The quantitative estimate of drug-likeness (QED) is 0.740. The maximum Gasteiger partial charge on any atom is 0.270 e. The predicted molar refractivity (Wildman–Crippen MR) is 103 cm³/mol. The number of hydrogen-bond acceptors (Lipinski definition) is 5. The largest absolute Gasteiger partial charge is 0.494 e. The van der Waals surface area contributed by atoms with Gasteiger partial charge < -0.3 is 10.1 Å². The Morgan fingerprint density at radius 2 is 1.92 bits per heavy atom. The molecule has 0 saturated heterocycles. The van der Waals surface area contributed by atoms with Crippen LogP contribution < -0.4 is 10.1 Å². The minimum atomic E-state index is -0.118. The Hall–Kier alpha value is -1.92. The Morgan fingerprint density at radius 3 is 2.52 bits per heavy atom. The smallest absolute Gasteiger partial charge is 0.270 e. The number of nitrogens with one attached hydrogen (secondary N) is 1. The molecule has 0 radical (unpaired) electrons. The van der Waals surface area contributed by atoms with Crippen molar-refractivity contribution in [1.29, 1.82) is 0 Å². The van der Waals surface area contributed by atoms with Crippen molar-refractivity contribution in [2.24, 2.45) is 0 Å². The lowest BCUT2D eigenvalue weighted by Gasteiger charge is -2.26. The maximum atomic E-state index is 12.3. The zero-order valence-electron chi connectivity index (χ0n) is 15.4. The fourth-order valence-corrected chi connectivity index (χ4v) is 3.48. The van der Waals surface area contributed by atoms with Crippen LogP contribution >= 0.6 is 11.3 Å². The fourth-order valence-electron chi connectivity index (χ4n) is 2.68. The molecular formula is C19H27N3O2S. The number of likely N-dealkylation sites (N-methyl/N-ethyl adjacent to an activating group) is 1. The molecule has 1 unspecified atom stereocenters. The normalized spacial score (nSPS) is 12.2. The summed E-state index contributed by atoms with van der Waals surface area (Å²) in [5.74, 6) is 0.721. The van der Waals surface area contributed by atoms with E-state index in [2.05, 4.69) is 36.0 Å².